The molecular formula is C23H26ClN3O3. The van der Waals surface area contributed by atoms with Gasteiger partial charge < -0.3 is 15.4 Å². The maximum absolute atomic E-state index is 13.7. The van der Waals surface area contributed by atoms with E-state index in [4.69, 9.17) is 22.1 Å². The normalized spacial score (nSPS) is 21.4. The third-order valence-corrected chi connectivity index (χ3v) is 6.62. The zero-order chi connectivity index (χ0) is 21.4. The van der Waals surface area contributed by atoms with Gasteiger partial charge in [0.05, 0.1) is 30.1 Å². The summed E-state index contributed by atoms with van der Waals surface area (Å²) in [5.74, 6) is 0.233. The summed E-state index contributed by atoms with van der Waals surface area (Å²) in [7, 11) is 1.57. The number of carbonyl (C=O) groups excluding carboxylic acids is 2. The minimum absolute atomic E-state index is 0.0724. The number of halogens is 1. The number of nitrogens with two attached hydrogens (primary N) is 1. The summed E-state index contributed by atoms with van der Waals surface area (Å²) in [4.78, 5) is 28.9. The molecule has 2 aliphatic rings. The molecule has 1 aliphatic carbocycles. The van der Waals surface area contributed by atoms with Crippen LogP contribution < -0.4 is 15.4 Å². The Morgan fingerprint density at radius 1 is 1.17 bits per heavy atom. The number of urea groups is 1. The second-order valence-electron chi connectivity index (χ2n) is 8.05. The Morgan fingerprint density at radius 2 is 1.90 bits per heavy atom. The molecule has 0 bridgehead atoms. The second-order valence-corrected chi connectivity index (χ2v) is 8.45. The lowest BCUT2D eigenvalue weighted by Crippen LogP contribution is -2.51. The van der Waals surface area contributed by atoms with Crippen LogP contribution in [0, 0.1) is 12.8 Å². The molecule has 1 aliphatic heterocycles. The average molecular weight is 428 g/mol. The van der Waals surface area contributed by atoms with E-state index in [0.717, 1.165) is 42.5 Å². The van der Waals surface area contributed by atoms with Crippen molar-refractivity contribution in [1.82, 2.24) is 4.90 Å². The fourth-order valence-electron chi connectivity index (χ4n) is 4.57. The Bertz CT molecular complexity index is 986. The van der Waals surface area contributed by atoms with Gasteiger partial charge in [-0.2, -0.15) is 0 Å². The number of carbonyl (C=O) groups is 2. The molecule has 1 fully saturated rings. The first kappa shape index (κ1) is 20.5. The van der Waals surface area contributed by atoms with E-state index in [1.165, 1.54) is 0 Å². The number of methoxy groups -OCH3 is 1. The predicted molar refractivity (Wildman–Crippen MR) is 117 cm³/mol. The third-order valence-electron chi connectivity index (χ3n) is 6.33. The van der Waals surface area contributed by atoms with Crippen LogP contribution in [-0.2, 0) is 11.3 Å². The van der Waals surface area contributed by atoms with E-state index in [-0.39, 0.29) is 23.9 Å². The molecule has 6 nitrogen and oxygen atoms in total. The number of fused-ring (bicyclic) bond motifs is 1. The molecule has 2 aromatic rings. The minimum Gasteiger partial charge on any atom is -0.495 e. The topological polar surface area (TPSA) is 75.9 Å². The Morgan fingerprint density at radius 3 is 2.53 bits per heavy atom. The molecule has 158 valence electrons. The first-order valence-corrected chi connectivity index (χ1v) is 10.6. The molecule has 2 aromatic carbocycles. The van der Waals surface area contributed by atoms with E-state index in [0.29, 0.717) is 23.0 Å². The number of ether oxygens (including phenoxy) is 1. The Hall–Kier alpha value is -2.73. The number of benzene rings is 2. The van der Waals surface area contributed by atoms with Crippen molar-refractivity contribution >= 4 is 34.9 Å². The van der Waals surface area contributed by atoms with E-state index < -0.39 is 0 Å². The number of primary amides is 1. The number of aryl methyl sites for hydroxylation is 1. The van der Waals surface area contributed by atoms with Gasteiger partial charge in [0.1, 0.15) is 5.75 Å². The van der Waals surface area contributed by atoms with E-state index in [1.807, 2.05) is 23.1 Å². The average Bonchev–Trinajstić information content (AvgIpc) is 2.74. The quantitative estimate of drug-likeness (QED) is 0.763. The molecule has 0 radical (unpaired) electrons. The van der Waals surface area contributed by atoms with Crippen LogP contribution in [-0.4, -0.2) is 30.0 Å². The summed E-state index contributed by atoms with van der Waals surface area (Å²) < 4.78 is 5.26. The molecule has 0 spiro atoms. The molecule has 1 heterocycles. The molecule has 0 saturated heterocycles. The van der Waals surface area contributed by atoms with Crippen molar-refractivity contribution in [3.8, 4) is 5.75 Å². The van der Waals surface area contributed by atoms with Gasteiger partial charge in [-0.25, -0.2) is 4.79 Å². The summed E-state index contributed by atoms with van der Waals surface area (Å²) in [6.07, 6.45) is 2.99. The molecule has 4 rings (SSSR count). The summed E-state index contributed by atoms with van der Waals surface area (Å²) in [6.45, 7) is 2.63. The lowest BCUT2D eigenvalue weighted by Gasteiger charge is -2.43. The molecule has 0 unspecified atom stereocenters. The highest BCUT2D eigenvalue weighted by atomic mass is 35.5. The van der Waals surface area contributed by atoms with Crippen LogP contribution in [0.4, 0.5) is 16.2 Å². The zero-order valence-electron chi connectivity index (χ0n) is 17.2. The smallest absolute Gasteiger partial charge is 0.329 e. The van der Waals surface area contributed by atoms with Crippen molar-refractivity contribution < 1.29 is 14.3 Å². The number of hydrogen-bond donors (Lipinski definition) is 1. The van der Waals surface area contributed by atoms with Gasteiger partial charge in [-0.05, 0) is 68.0 Å². The molecule has 3 amide bonds. The molecular weight excluding hydrogens is 402 g/mol. The second kappa shape index (κ2) is 8.19. The molecule has 0 aromatic heterocycles. The highest BCUT2D eigenvalue weighted by Gasteiger charge is 2.38. The molecule has 30 heavy (non-hydrogen) atoms. The minimum atomic E-state index is -0.242. The zero-order valence-corrected chi connectivity index (χ0v) is 18.0. The summed E-state index contributed by atoms with van der Waals surface area (Å²) in [6, 6.07) is 11.4. The van der Waals surface area contributed by atoms with Gasteiger partial charge in [-0.15, -0.1) is 0 Å². The first-order chi connectivity index (χ1) is 14.4. The van der Waals surface area contributed by atoms with Gasteiger partial charge in [0.2, 0.25) is 5.91 Å². The fraction of sp³-hybridized carbons (Fsp3) is 0.391. The van der Waals surface area contributed by atoms with Crippen molar-refractivity contribution in [1.29, 1.82) is 0 Å². The lowest BCUT2D eigenvalue weighted by molar-refractivity contribution is -0.123. The standard InChI is InChI=1S/C23H26ClN3O3/c1-14-4-3-5-20-18(14)13-26(16-8-6-15(7-9-16)22(25)28)23(29)27(20)17-10-11-21(30-2)19(24)12-17/h3-5,10-12,15-16H,6-9,13H2,1-2H3,(H2,25,28). The van der Waals surface area contributed by atoms with Gasteiger partial charge in [0.25, 0.3) is 0 Å². The van der Waals surface area contributed by atoms with Gasteiger partial charge >= 0.3 is 6.03 Å². The predicted octanol–water partition coefficient (Wildman–Crippen LogP) is 4.77. The number of amides is 3. The van der Waals surface area contributed by atoms with Gasteiger partial charge in [0, 0.05) is 12.0 Å². The van der Waals surface area contributed by atoms with Crippen molar-refractivity contribution in [3.05, 3.63) is 52.5 Å². The van der Waals surface area contributed by atoms with Crippen molar-refractivity contribution in [2.75, 3.05) is 12.0 Å². The van der Waals surface area contributed by atoms with E-state index in [2.05, 4.69) is 13.0 Å². The largest absolute Gasteiger partial charge is 0.495 e. The van der Waals surface area contributed by atoms with Gasteiger partial charge in [0.15, 0.2) is 0 Å². The Labute approximate surface area is 181 Å². The van der Waals surface area contributed by atoms with Gasteiger partial charge in [-0.1, -0.05) is 23.7 Å². The van der Waals surface area contributed by atoms with E-state index in [1.54, 1.807) is 24.1 Å². The highest BCUT2D eigenvalue weighted by molar-refractivity contribution is 6.32. The maximum atomic E-state index is 13.7. The molecule has 7 heteroatoms. The monoisotopic (exact) mass is 427 g/mol. The van der Waals surface area contributed by atoms with Crippen LogP contribution in [0.25, 0.3) is 0 Å². The van der Waals surface area contributed by atoms with Crippen molar-refractivity contribution in [2.24, 2.45) is 11.7 Å². The van der Waals surface area contributed by atoms with E-state index >= 15 is 0 Å². The lowest BCUT2D eigenvalue weighted by atomic mass is 9.84. The van der Waals surface area contributed by atoms with Crippen LogP contribution in [0.15, 0.2) is 36.4 Å². The Balaban J connectivity index is 1.71. The summed E-state index contributed by atoms with van der Waals surface area (Å²) in [5.41, 5.74) is 9.33. The third kappa shape index (κ3) is 3.60. The van der Waals surface area contributed by atoms with Crippen LogP contribution in [0.1, 0.15) is 36.8 Å². The summed E-state index contributed by atoms with van der Waals surface area (Å²) >= 11 is 6.37. The van der Waals surface area contributed by atoms with Crippen LogP contribution in [0.2, 0.25) is 5.02 Å². The SMILES string of the molecule is COc1ccc(N2C(=O)N(C3CCC(C(N)=O)CC3)Cc3c(C)cccc32)cc1Cl. The first-order valence-electron chi connectivity index (χ1n) is 10.2. The Kier molecular flexibility index (Phi) is 5.60. The van der Waals surface area contributed by atoms with Crippen molar-refractivity contribution in [2.45, 2.75) is 45.2 Å². The number of rotatable bonds is 4. The van der Waals surface area contributed by atoms with E-state index in [9.17, 15) is 9.59 Å². The van der Waals surface area contributed by atoms with Crippen molar-refractivity contribution in [3.63, 3.8) is 0 Å². The van der Waals surface area contributed by atoms with Gasteiger partial charge in [-0.3, -0.25) is 9.69 Å². The number of hydrogen-bond acceptors (Lipinski definition) is 3. The maximum Gasteiger partial charge on any atom is 0.329 e. The highest BCUT2D eigenvalue weighted by Crippen LogP contribution is 2.41. The fourth-order valence-corrected chi connectivity index (χ4v) is 4.82. The molecule has 0 atom stereocenters. The molecule has 2 N–H and O–H groups in total. The van der Waals surface area contributed by atoms with Crippen LogP contribution in [0.5, 0.6) is 5.75 Å². The summed E-state index contributed by atoms with van der Waals surface area (Å²) in [5, 5.41) is 0.455. The number of anilines is 2. The number of nitrogens with zero attached hydrogens (tertiary/aromatic N) is 2. The van der Waals surface area contributed by atoms with Crippen LogP contribution >= 0.6 is 11.6 Å². The van der Waals surface area contributed by atoms with Crippen LogP contribution in [0.3, 0.4) is 0 Å². The molecule has 1 saturated carbocycles.